The van der Waals surface area contributed by atoms with Crippen molar-refractivity contribution in [2.75, 3.05) is 0 Å². The van der Waals surface area contributed by atoms with Crippen LogP contribution in [0, 0.1) is 0 Å². The Morgan fingerprint density at radius 1 is 1.50 bits per heavy atom. The molecule has 1 nitrogen and oxygen atoms in total. The van der Waals surface area contributed by atoms with E-state index < -0.39 is 0 Å². The molecule has 0 saturated carbocycles. The molecule has 0 bridgehead atoms. The van der Waals surface area contributed by atoms with Crippen molar-refractivity contribution in [1.29, 1.82) is 0 Å². The third kappa shape index (κ3) is 2.55. The van der Waals surface area contributed by atoms with Gasteiger partial charge in [-0.3, -0.25) is 0 Å². The Hall–Kier alpha value is 0.387. The van der Waals surface area contributed by atoms with E-state index in [1.165, 1.54) is 6.07 Å². The van der Waals surface area contributed by atoms with Gasteiger partial charge < -0.3 is 6.53 Å². The van der Waals surface area contributed by atoms with Crippen molar-refractivity contribution in [2.45, 2.75) is 0 Å². The van der Waals surface area contributed by atoms with Gasteiger partial charge in [0.15, 0.2) is 0 Å². The van der Waals surface area contributed by atoms with E-state index in [0.29, 0.717) is 9.50 Å². The molecule has 0 radical (unpaired) electrons. The van der Waals surface area contributed by atoms with E-state index in [-0.39, 0.29) is 26.0 Å². The number of hydrogen-bond acceptors (Lipinski definition) is 1. The zero-order valence-electron chi connectivity index (χ0n) is 6.44. The van der Waals surface area contributed by atoms with E-state index in [2.05, 4.69) is 15.9 Å². The van der Waals surface area contributed by atoms with Crippen LogP contribution in [0.1, 0.15) is 1.43 Å². The fraction of sp³-hybridized carbons (Fsp3) is 0. The molecule has 0 saturated heterocycles. The summed E-state index contributed by atoms with van der Waals surface area (Å²) in [5.74, 6) is 0.208. The number of rotatable bonds is 0. The first-order chi connectivity index (χ1) is 4.20. The van der Waals surface area contributed by atoms with Crippen LogP contribution in [0.15, 0.2) is 22.7 Å². The molecule has 1 aromatic rings. The maximum Gasteiger partial charge on any atom is 1.00 e. The van der Waals surface area contributed by atoms with Crippen LogP contribution >= 0.6 is 27.5 Å². The summed E-state index contributed by atoms with van der Waals surface area (Å²) in [4.78, 5) is 0. The minimum absolute atomic E-state index is 0. The summed E-state index contributed by atoms with van der Waals surface area (Å²) in [7, 11) is 0. The van der Waals surface area contributed by atoms with Gasteiger partial charge in [0.25, 0.3) is 0 Å². The summed E-state index contributed by atoms with van der Waals surface area (Å²) in [6.45, 7) is 0. The molecule has 0 amide bonds. The third-order valence-corrected chi connectivity index (χ3v) is 1.78. The monoisotopic (exact) mass is 214 g/mol. The number of halogens is 2. The summed E-state index contributed by atoms with van der Waals surface area (Å²) >= 11 is 8.69. The Bertz CT molecular complexity index is 234. The van der Waals surface area contributed by atoms with E-state index in [1.807, 2.05) is 0 Å². The van der Waals surface area contributed by atoms with Crippen LogP contribution in [0.4, 0.5) is 0 Å². The van der Waals surface area contributed by atoms with E-state index in [9.17, 15) is 0 Å². The Kier molecular flexibility index (Phi) is 4.47. The van der Waals surface area contributed by atoms with Crippen molar-refractivity contribution in [3.8, 4) is 5.75 Å². The topological polar surface area (TPSA) is 20.2 Å². The molecule has 4 heteroatoms. The van der Waals surface area contributed by atoms with Gasteiger partial charge in [-0.2, -0.15) is 0 Å². The van der Waals surface area contributed by atoms with Gasteiger partial charge in [-0.05, 0) is 34.1 Å². The standard InChI is InChI=1S/C6H4BrClO.Li.H/c7-5-3-4(8)1-2-6(5)9;;/h1-3,9H;;/q;+1;-1. The SMILES string of the molecule is Oc1ccc(Cl)cc1Br.[H-].[Li+]. The predicted molar refractivity (Wildman–Crippen MR) is 41.9 cm³/mol. The molecular formula is C6H5BrClLiO. The molecule has 1 aromatic carbocycles. The van der Waals surface area contributed by atoms with E-state index in [4.69, 9.17) is 16.7 Å². The van der Waals surface area contributed by atoms with E-state index in [1.54, 1.807) is 12.1 Å². The second-order valence-electron chi connectivity index (χ2n) is 1.60. The van der Waals surface area contributed by atoms with Gasteiger partial charge in [0.05, 0.1) is 4.47 Å². The van der Waals surface area contributed by atoms with Crippen LogP contribution in [0.25, 0.3) is 0 Å². The molecule has 0 aromatic heterocycles. The number of phenolic OH excluding ortho intramolecular Hbond substituents is 1. The molecule has 1 N–H and O–H groups in total. The van der Waals surface area contributed by atoms with Crippen molar-refractivity contribution in [2.24, 2.45) is 0 Å². The third-order valence-electron chi connectivity index (χ3n) is 0.910. The first-order valence-electron chi connectivity index (χ1n) is 2.34. The molecule has 50 valence electrons. The largest absolute Gasteiger partial charge is 1.00 e. The van der Waals surface area contributed by atoms with E-state index >= 15 is 0 Å². The smallest absolute Gasteiger partial charge is 1.00 e. The molecule has 10 heavy (non-hydrogen) atoms. The fourth-order valence-corrected chi connectivity index (χ4v) is 1.16. The normalized spacial score (nSPS) is 8.60. The summed E-state index contributed by atoms with van der Waals surface area (Å²) < 4.78 is 0.620. The molecule has 0 aliphatic heterocycles. The van der Waals surface area contributed by atoms with Crippen molar-refractivity contribution >= 4 is 27.5 Å². The second-order valence-corrected chi connectivity index (χ2v) is 2.89. The first kappa shape index (κ1) is 10.4. The van der Waals surface area contributed by atoms with Gasteiger partial charge in [-0.1, -0.05) is 11.6 Å². The maximum atomic E-state index is 8.94. The van der Waals surface area contributed by atoms with Crippen LogP contribution < -0.4 is 18.9 Å². The molecule has 0 aliphatic carbocycles. The summed E-state index contributed by atoms with van der Waals surface area (Å²) in [6.07, 6.45) is 0. The van der Waals surface area contributed by atoms with Crippen LogP contribution in [-0.4, -0.2) is 5.11 Å². The molecule has 0 atom stereocenters. The Labute approximate surface area is 86.2 Å². The van der Waals surface area contributed by atoms with Crippen molar-refractivity contribution in [3.05, 3.63) is 27.7 Å². The predicted octanol–water partition coefficient (Wildman–Crippen LogP) is -0.0754. The Morgan fingerprint density at radius 3 is 2.50 bits per heavy atom. The van der Waals surface area contributed by atoms with Crippen LogP contribution in [-0.2, 0) is 0 Å². The minimum Gasteiger partial charge on any atom is -1.00 e. The number of aromatic hydroxyl groups is 1. The molecule has 0 unspecified atom stereocenters. The molecule has 0 fully saturated rings. The summed E-state index contributed by atoms with van der Waals surface area (Å²) in [5, 5.41) is 9.55. The van der Waals surface area contributed by atoms with Crippen molar-refractivity contribution in [1.82, 2.24) is 0 Å². The minimum atomic E-state index is 0. The molecule has 1 rings (SSSR count). The first-order valence-corrected chi connectivity index (χ1v) is 3.51. The molecule has 0 heterocycles. The van der Waals surface area contributed by atoms with Gasteiger partial charge in [0.2, 0.25) is 0 Å². The number of benzene rings is 1. The van der Waals surface area contributed by atoms with Gasteiger partial charge in [0, 0.05) is 5.02 Å². The van der Waals surface area contributed by atoms with Crippen LogP contribution in [0.5, 0.6) is 5.75 Å². The number of hydrogen-bond donors (Lipinski definition) is 1. The Balaban J connectivity index is 0. The van der Waals surface area contributed by atoms with Crippen LogP contribution in [0.3, 0.4) is 0 Å². The molecular weight excluding hydrogens is 210 g/mol. The fourth-order valence-electron chi connectivity index (χ4n) is 0.481. The van der Waals surface area contributed by atoms with Gasteiger partial charge in [-0.25, -0.2) is 0 Å². The summed E-state index contributed by atoms with van der Waals surface area (Å²) in [6, 6.07) is 4.80. The van der Waals surface area contributed by atoms with Crippen LogP contribution in [0.2, 0.25) is 5.02 Å². The van der Waals surface area contributed by atoms with Gasteiger partial charge >= 0.3 is 18.9 Å². The quantitative estimate of drug-likeness (QED) is 0.601. The van der Waals surface area contributed by atoms with E-state index in [0.717, 1.165) is 0 Å². The molecule has 0 aliphatic rings. The average Bonchev–Trinajstić information content (AvgIpc) is 1.80. The van der Waals surface area contributed by atoms with Gasteiger partial charge in [-0.15, -0.1) is 0 Å². The molecule has 0 spiro atoms. The van der Waals surface area contributed by atoms with Gasteiger partial charge in [0.1, 0.15) is 5.75 Å². The zero-order valence-corrected chi connectivity index (χ0v) is 7.78. The van der Waals surface area contributed by atoms with Crippen molar-refractivity contribution < 1.29 is 25.4 Å². The second kappa shape index (κ2) is 4.30. The van der Waals surface area contributed by atoms with Crippen molar-refractivity contribution in [3.63, 3.8) is 0 Å². The zero-order chi connectivity index (χ0) is 6.85. The average molecular weight is 215 g/mol. The Morgan fingerprint density at radius 2 is 2.10 bits per heavy atom. The maximum absolute atomic E-state index is 8.94. The number of phenols is 1. The summed E-state index contributed by atoms with van der Waals surface area (Å²) in [5.41, 5.74) is 0.